The number of benzene rings is 3. The van der Waals surface area contributed by atoms with Gasteiger partial charge in [0.1, 0.15) is 0 Å². The van der Waals surface area contributed by atoms with Crippen LogP contribution >= 0.6 is 0 Å². The zero-order valence-electron chi connectivity index (χ0n) is 17.9. The van der Waals surface area contributed by atoms with Crippen molar-refractivity contribution in [2.45, 2.75) is 30.8 Å². The average molecular weight is 449 g/mol. The van der Waals surface area contributed by atoms with Gasteiger partial charge in [0, 0.05) is 6.54 Å². The smallest absolute Gasteiger partial charge is 0.337 e. The lowest BCUT2D eigenvalue weighted by molar-refractivity contribution is 0.0600. The Morgan fingerprint density at radius 2 is 1.62 bits per heavy atom. The number of hydrogen-bond donors (Lipinski definition) is 0. The second kappa shape index (κ2) is 10.2. The lowest BCUT2D eigenvalue weighted by atomic mass is 10.0. The number of carbonyl (C=O) groups is 1. The molecule has 6 nitrogen and oxygen atoms in total. The minimum absolute atomic E-state index is 0.0909. The summed E-state index contributed by atoms with van der Waals surface area (Å²) in [7, 11) is -2.63. The van der Waals surface area contributed by atoms with Gasteiger partial charge in [-0.05, 0) is 53.9 Å². The summed E-state index contributed by atoms with van der Waals surface area (Å²) in [6, 6.07) is 23.8. The van der Waals surface area contributed by atoms with Gasteiger partial charge in [0.15, 0.2) is 0 Å². The number of nitrogens with zero attached hydrogens (tertiary/aromatic N) is 2. The lowest BCUT2D eigenvalue weighted by Gasteiger charge is -2.31. The lowest BCUT2D eigenvalue weighted by Crippen LogP contribution is -2.34. The molecule has 1 unspecified atom stereocenters. The number of carbonyl (C=O) groups excluding carboxylic acids is 1. The summed E-state index contributed by atoms with van der Waals surface area (Å²) < 4.78 is 33.7. The number of esters is 1. The molecule has 0 N–H and O–H groups in total. The third-order valence-electron chi connectivity index (χ3n) is 5.22. The highest BCUT2D eigenvalue weighted by molar-refractivity contribution is 7.89. The Kier molecular flexibility index (Phi) is 7.41. The van der Waals surface area contributed by atoms with E-state index in [1.54, 1.807) is 24.3 Å². The molecule has 3 aromatic carbocycles. The summed E-state index contributed by atoms with van der Waals surface area (Å²) in [5, 5.41) is 9.05. The maximum atomic E-state index is 13.7. The van der Waals surface area contributed by atoms with Crippen LogP contribution in [-0.2, 0) is 21.3 Å². The first-order chi connectivity index (χ1) is 15.4. The zero-order chi connectivity index (χ0) is 23.1. The largest absolute Gasteiger partial charge is 0.465 e. The SMILES string of the molecule is CCC(c1ccccc1)N(Cc1ccc(C#N)cc1)S(=O)(=O)c1ccc(C(=O)OC)cc1. The molecule has 0 radical (unpaired) electrons. The van der Waals surface area contributed by atoms with Crippen LogP contribution in [0.3, 0.4) is 0 Å². The second-order valence-electron chi connectivity index (χ2n) is 7.21. The minimum Gasteiger partial charge on any atom is -0.465 e. The highest BCUT2D eigenvalue weighted by atomic mass is 32.2. The third-order valence-corrected chi connectivity index (χ3v) is 7.09. The van der Waals surface area contributed by atoms with Gasteiger partial charge in [0.25, 0.3) is 0 Å². The van der Waals surface area contributed by atoms with Gasteiger partial charge in [-0.25, -0.2) is 13.2 Å². The molecule has 0 aliphatic heterocycles. The maximum absolute atomic E-state index is 13.7. The fourth-order valence-electron chi connectivity index (χ4n) is 3.52. The number of hydrogen-bond acceptors (Lipinski definition) is 5. The molecule has 0 fully saturated rings. The molecule has 32 heavy (non-hydrogen) atoms. The fourth-order valence-corrected chi connectivity index (χ4v) is 5.20. The molecule has 0 bridgehead atoms. The fraction of sp³-hybridized carbons (Fsp3) is 0.200. The molecule has 3 rings (SSSR count). The summed E-state index contributed by atoms with van der Waals surface area (Å²) in [6.45, 7) is 2.08. The van der Waals surface area contributed by atoms with Crippen LogP contribution in [0.2, 0.25) is 0 Å². The quantitative estimate of drug-likeness (QED) is 0.467. The number of nitriles is 1. The van der Waals surface area contributed by atoms with E-state index in [2.05, 4.69) is 6.07 Å². The van der Waals surface area contributed by atoms with Gasteiger partial charge in [-0.2, -0.15) is 9.57 Å². The van der Waals surface area contributed by atoms with E-state index in [-0.39, 0.29) is 17.0 Å². The van der Waals surface area contributed by atoms with Crippen molar-refractivity contribution < 1.29 is 17.9 Å². The molecular formula is C25H24N2O4S. The van der Waals surface area contributed by atoms with Crippen molar-refractivity contribution >= 4 is 16.0 Å². The van der Waals surface area contributed by atoms with Crippen LogP contribution in [0.5, 0.6) is 0 Å². The molecule has 0 saturated heterocycles. The Labute approximate surface area is 188 Å². The van der Waals surface area contributed by atoms with Gasteiger partial charge >= 0.3 is 5.97 Å². The minimum atomic E-state index is -3.91. The first-order valence-electron chi connectivity index (χ1n) is 10.1. The molecule has 0 amide bonds. The zero-order valence-corrected chi connectivity index (χ0v) is 18.7. The second-order valence-corrected chi connectivity index (χ2v) is 9.10. The molecule has 0 spiro atoms. The first kappa shape index (κ1) is 23.2. The molecule has 164 valence electrons. The molecule has 7 heteroatoms. The molecule has 0 heterocycles. The molecule has 0 aliphatic rings. The third kappa shape index (κ3) is 5.05. The van der Waals surface area contributed by atoms with Crippen LogP contribution in [-0.4, -0.2) is 25.8 Å². The van der Waals surface area contributed by atoms with Crippen LogP contribution in [0, 0.1) is 11.3 Å². The Balaban J connectivity index is 2.05. The topological polar surface area (TPSA) is 87.5 Å². The summed E-state index contributed by atoms with van der Waals surface area (Å²) >= 11 is 0. The van der Waals surface area contributed by atoms with Crippen LogP contribution in [0.15, 0.2) is 83.8 Å². The van der Waals surface area contributed by atoms with E-state index in [0.717, 1.165) is 11.1 Å². The van der Waals surface area contributed by atoms with Crippen LogP contribution in [0.4, 0.5) is 0 Å². The predicted molar refractivity (Wildman–Crippen MR) is 121 cm³/mol. The number of rotatable bonds is 8. The van der Waals surface area contributed by atoms with E-state index in [1.807, 2.05) is 37.3 Å². The first-order valence-corrected chi connectivity index (χ1v) is 11.6. The van der Waals surface area contributed by atoms with Gasteiger partial charge in [-0.15, -0.1) is 0 Å². The van der Waals surface area contributed by atoms with Crippen molar-refractivity contribution in [1.29, 1.82) is 5.26 Å². The number of methoxy groups -OCH3 is 1. The van der Waals surface area contributed by atoms with E-state index >= 15 is 0 Å². The molecule has 0 aliphatic carbocycles. The van der Waals surface area contributed by atoms with Gasteiger partial charge in [-0.1, -0.05) is 49.4 Å². The monoisotopic (exact) mass is 448 g/mol. The summed E-state index contributed by atoms with van der Waals surface area (Å²) in [6.07, 6.45) is 0.569. The van der Waals surface area contributed by atoms with Gasteiger partial charge in [0.05, 0.1) is 35.2 Å². The summed E-state index contributed by atoms with van der Waals surface area (Å²) in [5.74, 6) is -0.529. The normalized spacial score (nSPS) is 12.2. The Bertz CT molecular complexity index is 1200. The molecule has 1 atom stereocenters. The van der Waals surface area contributed by atoms with E-state index in [0.29, 0.717) is 12.0 Å². The van der Waals surface area contributed by atoms with E-state index in [9.17, 15) is 13.2 Å². The molecule has 0 aromatic heterocycles. The van der Waals surface area contributed by atoms with Gasteiger partial charge < -0.3 is 4.74 Å². The highest BCUT2D eigenvalue weighted by Gasteiger charge is 2.32. The van der Waals surface area contributed by atoms with E-state index in [1.165, 1.54) is 35.7 Å². The molecule has 0 saturated carbocycles. The van der Waals surface area contributed by atoms with Crippen molar-refractivity contribution in [2.24, 2.45) is 0 Å². The Hall–Kier alpha value is -3.47. The van der Waals surface area contributed by atoms with Crippen molar-refractivity contribution in [3.63, 3.8) is 0 Å². The Morgan fingerprint density at radius 1 is 1.00 bits per heavy atom. The Morgan fingerprint density at radius 3 is 2.16 bits per heavy atom. The van der Waals surface area contributed by atoms with E-state index in [4.69, 9.17) is 10.00 Å². The van der Waals surface area contributed by atoms with Gasteiger partial charge in [0.2, 0.25) is 10.0 Å². The van der Waals surface area contributed by atoms with Crippen LogP contribution in [0.25, 0.3) is 0 Å². The van der Waals surface area contributed by atoms with Crippen LogP contribution < -0.4 is 0 Å². The van der Waals surface area contributed by atoms with Crippen molar-refractivity contribution in [3.05, 3.63) is 101 Å². The molecular weight excluding hydrogens is 424 g/mol. The number of sulfonamides is 1. The standard InChI is InChI=1S/C25H24N2O4S/c1-3-24(21-7-5-4-6-8-21)27(18-20-11-9-19(17-26)10-12-20)32(29,30)23-15-13-22(14-16-23)25(28)31-2/h4-16,24H,3,18H2,1-2H3. The van der Waals surface area contributed by atoms with Crippen molar-refractivity contribution in [2.75, 3.05) is 7.11 Å². The van der Waals surface area contributed by atoms with Crippen molar-refractivity contribution in [3.8, 4) is 6.07 Å². The summed E-state index contributed by atoms with van der Waals surface area (Å²) in [5.41, 5.74) is 2.45. The van der Waals surface area contributed by atoms with Gasteiger partial charge in [-0.3, -0.25) is 0 Å². The summed E-state index contributed by atoms with van der Waals surface area (Å²) in [4.78, 5) is 11.8. The predicted octanol–water partition coefficient (Wildman–Crippen LogP) is 4.69. The highest BCUT2D eigenvalue weighted by Crippen LogP contribution is 2.32. The van der Waals surface area contributed by atoms with E-state index < -0.39 is 22.0 Å². The molecule has 3 aromatic rings. The maximum Gasteiger partial charge on any atom is 0.337 e. The van der Waals surface area contributed by atoms with Crippen LogP contribution in [0.1, 0.15) is 46.4 Å². The van der Waals surface area contributed by atoms with Crippen molar-refractivity contribution in [1.82, 2.24) is 4.31 Å². The number of ether oxygens (including phenoxy) is 1. The average Bonchev–Trinajstić information content (AvgIpc) is 2.84.